The average Bonchev–Trinajstić information content (AvgIpc) is 2.43. The van der Waals surface area contributed by atoms with E-state index < -0.39 is 12.4 Å². The van der Waals surface area contributed by atoms with Gasteiger partial charge in [0.2, 0.25) is 6.29 Å². The van der Waals surface area contributed by atoms with Crippen LogP contribution in [0.1, 0.15) is 0 Å². The minimum atomic E-state index is -0.594. The Kier molecular flexibility index (Phi) is 1.60. The second kappa shape index (κ2) is 2.48. The van der Waals surface area contributed by atoms with Crippen LogP contribution in [0.3, 0.4) is 0 Å². The van der Waals surface area contributed by atoms with Gasteiger partial charge >= 0.3 is 0 Å². The van der Waals surface area contributed by atoms with Crippen molar-refractivity contribution in [3.63, 3.8) is 0 Å². The van der Waals surface area contributed by atoms with Crippen molar-refractivity contribution in [2.24, 2.45) is 0 Å². The highest BCUT2D eigenvalue weighted by Crippen LogP contribution is 2.27. The molecule has 0 aromatic rings. The van der Waals surface area contributed by atoms with Gasteiger partial charge < -0.3 is 19.3 Å². The third-order valence-corrected chi connectivity index (χ3v) is 1.89. The Balaban J connectivity index is 2.20. The van der Waals surface area contributed by atoms with Crippen LogP contribution in [-0.2, 0) is 14.2 Å². The predicted molar refractivity (Wildman–Crippen MR) is 35.7 cm³/mol. The highest BCUT2D eigenvalue weighted by atomic mass is 16.7. The summed E-state index contributed by atoms with van der Waals surface area (Å²) in [6.07, 6.45) is 0.433. The lowest BCUT2D eigenvalue weighted by Gasteiger charge is -2.21. The first kappa shape index (κ1) is 7.09. The van der Waals surface area contributed by atoms with Crippen LogP contribution in [0.2, 0.25) is 0 Å². The van der Waals surface area contributed by atoms with E-state index in [0.29, 0.717) is 12.4 Å². The molecule has 0 aromatic heterocycles. The van der Waals surface area contributed by atoms with E-state index in [1.54, 1.807) is 6.08 Å². The van der Waals surface area contributed by atoms with Crippen LogP contribution in [0.15, 0.2) is 11.8 Å². The molecule has 0 saturated carbocycles. The fraction of sp³-hybridized carbons (Fsp3) is 0.714. The van der Waals surface area contributed by atoms with Gasteiger partial charge in [-0.15, -0.1) is 0 Å². The summed E-state index contributed by atoms with van der Waals surface area (Å²) in [7, 11) is 1.53. The minimum absolute atomic E-state index is 0.209. The van der Waals surface area contributed by atoms with Crippen molar-refractivity contribution in [2.75, 3.05) is 13.7 Å². The first-order valence-corrected chi connectivity index (χ1v) is 3.52. The molecule has 62 valence electrons. The maximum Gasteiger partial charge on any atom is 0.216 e. The Labute approximate surface area is 64.4 Å². The van der Waals surface area contributed by atoms with Crippen LogP contribution < -0.4 is 0 Å². The second-order valence-corrected chi connectivity index (χ2v) is 2.60. The molecular formula is C7H10O4. The zero-order valence-corrected chi connectivity index (χ0v) is 6.19. The number of aliphatic hydroxyl groups excluding tert-OH is 1. The van der Waals surface area contributed by atoms with E-state index in [4.69, 9.17) is 14.2 Å². The topological polar surface area (TPSA) is 47.9 Å². The number of ether oxygens (including phenoxy) is 3. The molecular weight excluding hydrogens is 148 g/mol. The normalized spacial score (nSPS) is 42.0. The molecule has 2 rings (SSSR count). The molecule has 1 saturated heterocycles. The monoisotopic (exact) mass is 158 g/mol. The molecule has 2 bridgehead atoms. The Morgan fingerprint density at radius 3 is 3.27 bits per heavy atom. The number of rotatable bonds is 1. The van der Waals surface area contributed by atoms with Crippen molar-refractivity contribution in [1.82, 2.24) is 0 Å². The number of aliphatic hydroxyl groups is 1. The smallest absolute Gasteiger partial charge is 0.216 e. The van der Waals surface area contributed by atoms with Crippen molar-refractivity contribution < 1.29 is 19.3 Å². The fourth-order valence-electron chi connectivity index (χ4n) is 1.27. The average molecular weight is 158 g/mol. The molecule has 0 radical (unpaired) electrons. The predicted octanol–water partition coefficient (Wildman–Crippen LogP) is -0.367. The molecule has 2 aliphatic rings. The lowest BCUT2D eigenvalue weighted by atomic mass is 10.2. The molecule has 0 aliphatic carbocycles. The first-order valence-electron chi connectivity index (χ1n) is 3.52. The van der Waals surface area contributed by atoms with E-state index in [0.717, 1.165) is 0 Å². The molecule has 1 fully saturated rings. The van der Waals surface area contributed by atoms with Gasteiger partial charge in [-0.3, -0.25) is 0 Å². The van der Waals surface area contributed by atoms with Gasteiger partial charge in [0.25, 0.3) is 0 Å². The zero-order valence-electron chi connectivity index (χ0n) is 6.19. The molecule has 3 atom stereocenters. The molecule has 2 aliphatic heterocycles. The summed E-state index contributed by atoms with van der Waals surface area (Å²) >= 11 is 0. The summed E-state index contributed by atoms with van der Waals surface area (Å²) in [5.74, 6) is 0.561. The molecule has 0 amide bonds. The van der Waals surface area contributed by atoms with Crippen LogP contribution in [0.4, 0.5) is 0 Å². The molecule has 4 heteroatoms. The summed E-state index contributed by atoms with van der Waals surface area (Å²) in [5.41, 5.74) is 0. The fourth-order valence-corrected chi connectivity index (χ4v) is 1.27. The third-order valence-electron chi connectivity index (χ3n) is 1.89. The van der Waals surface area contributed by atoms with Gasteiger partial charge in [0.05, 0.1) is 13.7 Å². The quantitative estimate of drug-likeness (QED) is 0.565. The van der Waals surface area contributed by atoms with Gasteiger partial charge in [0.15, 0.2) is 5.76 Å². The molecule has 0 spiro atoms. The van der Waals surface area contributed by atoms with Crippen LogP contribution >= 0.6 is 0 Å². The van der Waals surface area contributed by atoms with Gasteiger partial charge in [-0.1, -0.05) is 0 Å². The van der Waals surface area contributed by atoms with E-state index in [-0.39, 0.29) is 6.10 Å². The highest BCUT2D eigenvalue weighted by molar-refractivity contribution is 5.09. The maximum absolute atomic E-state index is 9.34. The second-order valence-electron chi connectivity index (χ2n) is 2.60. The molecule has 0 aromatic carbocycles. The number of methoxy groups -OCH3 is 1. The van der Waals surface area contributed by atoms with Gasteiger partial charge in [-0.2, -0.15) is 0 Å². The number of hydrogen-bond acceptors (Lipinski definition) is 4. The summed E-state index contributed by atoms with van der Waals surface area (Å²) < 4.78 is 15.4. The van der Waals surface area contributed by atoms with E-state index in [2.05, 4.69) is 0 Å². The summed E-state index contributed by atoms with van der Waals surface area (Å²) in [6.45, 7) is 0.440. The van der Waals surface area contributed by atoms with E-state index >= 15 is 0 Å². The standard InChI is InChI=1S/C7H10O4/c1-9-5-2-4(8)6-3-10-7(5)11-6/h2,4,6-8H,3H2,1H3. The molecule has 4 nitrogen and oxygen atoms in total. The molecule has 1 N–H and O–H groups in total. The Hall–Kier alpha value is -0.580. The van der Waals surface area contributed by atoms with Gasteiger partial charge in [0.1, 0.15) is 12.2 Å². The molecule has 11 heavy (non-hydrogen) atoms. The number of hydrogen-bond donors (Lipinski definition) is 1. The maximum atomic E-state index is 9.34. The lowest BCUT2D eigenvalue weighted by Crippen LogP contribution is -2.32. The van der Waals surface area contributed by atoms with Crippen molar-refractivity contribution in [1.29, 1.82) is 0 Å². The van der Waals surface area contributed by atoms with Crippen molar-refractivity contribution in [2.45, 2.75) is 18.5 Å². The van der Waals surface area contributed by atoms with E-state index in [1.165, 1.54) is 7.11 Å². The molecule has 2 heterocycles. The number of fused-ring (bicyclic) bond motifs is 2. The van der Waals surface area contributed by atoms with Crippen LogP contribution in [-0.4, -0.2) is 37.3 Å². The van der Waals surface area contributed by atoms with Crippen LogP contribution in [0.25, 0.3) is 0 Å². The van der Waals surface area contributed by atoms with Crippen LogP contribution in [0, 0.1) is 0 Å². The van der Waals surface area contributed by atoms with E-state index in [1.807, 2.05) is 0 Å². The highest BCUT2D eigenvalue weighted by Gasteiger charge is 2.38. The lowest BCUT2D eigenvalue weighted by molar-refractivity contribution is -0.0891. The van der Waals surface area contributed by atoms with Gasteiger partial charge in [-0.25, -0.2) is 0 Å². The SMILES string of the molecule is COC1=CC(O)C2COC1O2. The van der Waals surface area contributed by atoms with E-state index in [9.17, 15) is 5.11 Å². The Morgan fingerprint density at radius 2 is 2.55 bits per heavy atom. The van der Waals surface area contributed by atoms with Crippen molar-refractivity contribution >= 4 is 0 Å². The van der Waals surface area contributed by atoms with Gasteiger partial charge in [0, 0.05) is 0 Å². The Bertz CT molecular complexity index is 189. The Morgan fingerprint density at radius 1 is 1.73 bits per heavy atom. The molecule has 3 unspecified atom stereocenters. The van der Waals surface area contributed by atoms with Crippen LogP contribution in [0.5, 0.6) is 0 Å². The van der Waals surface area contributed by atoms with Crippen molar-refractivity contribution in [3.05, 3.63) is 11.8 Å². The zero-order chi connectivity index (χ0) is 7.84. The summed E-state index contributed by atoms with van der Waals surface area (Å²) in [6, 6.07) is 0. The third kappa shape index (κ3) is 1.03. The largest absolute Gasteiger partial charge is 0.496 e. The summed E-state index contributed by atoms with van der Waals surface area (Å²) in [4.78, 5) is 0. The summed E-state index contributed by atoms with van der Waals surface area (Å²) in [5, 5.41) is 9.34. The first-order chi connectivity index (χ1) is 5.31. The van der Waals surface area contributed by atoms with Crippen molar-refractivity contribution in [3.8, 4) is 0 Å². The minimum Gasteiger partial charge on any atom is -0.496 e. The van der Waals surface area contributed by atoms with Gasteiger partial charge in [-0.05, 0) is 6.08 Å².